The van der Waals surface area contributed by atoms with E-state index < -0.39 is 23.0 Å². The van der Waals surface area contributed by atoms with Gasteiger partial charge in [-0.3, -0.25) is 9.59 Å². The molecule has 0 aromatic carbocycles. The summed E-state index contributed by atoms with van der Waals surface area (Å²) in [7, 11) is 2.24. The molecule has 6 heteroatoms. The van der Waals surface area contributed by atoms with Crippen LogP contribution in [0.2, 0.25) is 0 Å². The van der Waals surface area contributed by atoms with Crippen LogP contribution in [0, 0.1) is 34.0 Å². The molecule has 0 amide bonds. The van der Waals surface area contributed by atoms with Crippen molar-refractivity contribution < 1.29 is 19.4 Å². The highest BCUT2D eigenvalue weighted by atomic mass is 32.2. The molecule has 36 heavy (non-hydrogen) atoms. The van der Waals surface area contributed by atoms with Gasteiger partial charge in [0.05, 0.1) is 11.9 Å². The minimum atomic E-state index is -0.619. The number of aliphatic hydroxyl groups excluding tert-OH is 1. The number of carbonyl (C=O) groups is 2. The summed E-state index contributed by atoms with van der Waals surface area (Å²) in [4.78, 5) is 29.4. The Morgan fingerprint density at radius 2 is 1.86 bits per heavy atom. The molecule has 0 aromatic rings. The molecule has 2 aliphatic heterocycles. The number of piperidine rings is 1. The normalized spacial score (nSPS) is 50.8. The van der Waals surface area contributed by atoms with Gasteiger partial charge in [-0.2, -0.15) is 0 Å². The fraction of sp³-hybridized carbons (Fsp3) is 0.867. The predicted octanol–water partition coefficient (Wildman–Crippen LogP) is 5.25. The first kappa shape index (κ1) is 26.7. The van der Waals surface area contributed by atoms with E-state index in [0.717, 1.165) is 32.1 Å². The Morgan fingerprint density at radius 1 is 1.19 bits per heavy atom. The van der Waals surface area contributed by atoms with E-state index in [1.807, 2.05) is 6.08 Å². The highest BCUT2D eigenvalue weighted by molar-refractivity contribution is 8.00. The van der Waals surface area contributed by atoms with Crippen LogP contribution < -0.4 is 0 Å². The molecule has 2 heterocycles. The van der Waals surface area contributed by atoms with E-state index >= 15 is 0 Å². The van der Waals surface area contributed by atoms with Crippen LogP contribution in [-0.2, 0) is 14.3 Å². The molecule has 5 fully saturated rings. The Morgan fingerprint density at radius 3 is 2.50 bits per heavy atom. The fourth-order valence-corrected chi connectivity index (χ4v) is 10.5. The van der Waals surface area contributed by atoms with Gasteiger partial charge in [-0.15, -0.1) is 18.3 Å². The lowest BCUT2D eigenvalue weighted by Crippen LogP contribution is -2.63. The second-order valence-electron chi connectivity index (χ2n) is 13.5. The summed E-state index contributed by atoms with van der Waals surface area (Å²) in [6.45, 7) is 12.8. The average Bonchev–Trinajstić information content (AvgIpc) is 3.28. The van der Waals surface area contributed by atoms with Crippen LogP contribution in [0.15, 0.2) is 12.7 Å². The molecule has 2 saturated heterocycles. The molecule has 11 atom stereocenters. The van der Waals surface area contributed by atoms with Crippen molar-refractivity contribution in [2.24, 2.45) is 34.0 Å². The van der Waals surface area contributed by atoms with Gasteiger partial charge in [0, 0.05) is 40.5 Å². The SMILES string of the molecule is C=C[C@]1(C)C[C@@H](OC(=O)CSC2C[C@H]3CC[C@@H](C2)N3C)[C@]2(C)[C@H](C)CCC3(CCC(=O)[C@H]32)[C@@H](C)[C@@H]1O. The lowest BCUT2D eigenvalue weighted by atomic mass is 9.44. The van der Waals surface area contributed by atoms with Crippen molar-refractivity contribution in [3.63, 3.8) is 0 Å². The molecule has 0 radical (unpaired) electrons. The number of rotatable bonds is 5. The Labute approximate surface area is 222 Å². The van der Waals surface area contributed by atoms with Crippen LogP contribution in [0.25, 0.3) is 0 Å². The van der Waals surface area contributed by atoms with Gasteiger partial charge >= 0.3 is 5.97 Å². The molecule has 4 bridgehead atoms. The first-order valence-electron chi connectivity index (χ1n) is 14.3. The van der Waals surface area contributed by atoms with E-state index in [1.54, 1.807) is 11.8 Å². The number of ketones is 1. The number of hydrogen-bond acceptors (Lipinski definition) is 6. The third-order valence-electron chi connectivity index (χ3n) is 12.1. The molecule has 0 spiro atoms. The summed E-state index contributed by atoms with van der Waals surface area (Å²) in [5.41, 5.74) is -1.24. The monoisotopic (exact) mass is 517 g/mol. The second kappa shape index (κ2) is 9.41. The van der Waals surface area contributed by atoms with E-state index in [4.69, 9.17) is 4.74 Å². The molecule has 2 unspecified atom stereocenters. The maximum absolute atomic E-state index is 13.5. The number of fused-ring (bicyclic) bond motifs is 2. The number of aliphatic hydroxyl groups is 1. The first-order chi connectivity index (χ1) is 17.0. The molecule has 3 aliphatic carbocycles. The Balaban J connectivity index is 1.39. The quantitative estimate of drug-likeness (QED) is 0.397. The topological polar surface area (TPSA) is 66.8 Å². The van der Waals surface area contributed by atoms with Crippen molar-refractivity contribution in [2.45, 2.75) is 115 Å². The Hall–Kier alpha value is -0.850. The van der Waals surface area contributed by atoms with Crippen molar-refractivity contribution in [3.05, 3.63) is 12.7 Å². The van der Waals surface area contributed by atoms with Gasteiger partial charge in [0.15, 0.2) is 0 Å². The second-order valence-corrected chi connectivity index (χ2v) is 14.8. The van der Waals surface area contributed by atoms with Crippen LogP contribution >= 0.6 is 11.8 Å². The van der Waals surface area contributed by atoms with Crippen LogP contribution in [-0.4, -0.2) is 64.1 Å². The van der Waals surface area contributed by atoms with Gasteiger partial charge < -0.3 is 14.7 Å². The summed E-state index contributed by atoms with van der Waals surface area (Å²) in [5.74, 6) is 0.605. The van der Waals surface area contributed by atoms with E-state index in [9.17, 15) is 14.7 Å². The number of nitrogens with zero attached hydrogens (tertiary/aromatic N) is 1. The molecule has 3 saturated carbocycles. The maximum Gasteiger partial charge on any atom is 0.316 e. The van der Waals surface area contributed by atoms with Gasteiger partial charge in [-0.25, -0.2) is 0 Å². The first-order valence-corrected chi connectivity index (χ1v) is 15.4. The third kappa shape index (κ3) is 3.95. The van der Waals surface area contributed by atoms with Crippen LogP contribution in [0.4, 0.5) is 0 Å². The summed E-state index contributed by atoms with van der Waals surface area (Å²) in [6, 6.07) is 1.31. The van der Waals surface area contributed by atoms with Gasteiger partial charge in [-0.05, 0) is 75.7 Å². The van der Waals surface area contributed by atoms with Gasteiger partial charge in [0.25, 0.3) is 0 Å². The summed E-state index contributed by atoms with van der Waals surface area (Å²) >= 11 is 1.76. The molecule has 5 rings (SSSR count). The third-order valence-corrected chi connectivity index (χ3v) is 13.3. The number of ether oxygens (including phenoxy) is 1. The Kier molecular flexibility index (Phi) is 6.99. The highest BCUT2D eigenvalue weighted by Crippen LogP contribution is 2.68. The zero-order valence-electron chi connectivity index (χ0n) is 23.0. The summed E-state index contributed by atoms with van der Waals surface area (Å²) < 4.78 is 6.42. The summed E-state index contributed by atoms with van der Waals surface area (Å²) in [6.07, 6.45) is 9.58. The number of hydrogen-bond donors (Lipinski definition) is 1. The fourth-order valence-electron chi connectivity index (χ4n) is 9.38. The van der Waals surface area contributed by atoms with Crippen molar-refractivity contribution in [1.29, 1.82) is 0 Å². The Bertz CT molecular complexity index is 895. The average molecular weight is 518 g/mol. The predicted molar refractivity (Wildman–Crippen MR) is 145 cm³/mol. The molecule has 202 valence electrons. The zero-order chi connectivity index (χ0) is 26.0. The van der Waals surface area contributed by atoms with E-state index in [-0.39, 0.29) is 29.1 Å². The molecular weight excluding hydrogens is 470 g/mol. The largest absolute Gasteiger partial charge is 0.461 e. The van der Waals surface area contributed by atoms with E-state index in [0.29, 0.717) is 41.7 Å². The highest BCUT2D eigenvalue weighted by Gasteiger charge is 2.68. The number of esters is 1. The van der Waals surface area contributed by atoms with Gasteiger partial charge in [0.2, 0.25) is 0 Å². The number of Topliss-reactive ketones (excluding diaryl/α,β-unsaturated/α-hetero) is 1. The summed E-state index contributed by atoms with van der Waals surface area (Å²) in [5, 5.41) is 12.2. The molecule has 5 aliphatic rings. The van der Waals surface area contributed by atoms with E-state index in [2.05, 4.69) is 46.2 Å². The minimum Gasteiger partial charge on any atom is -0.461 e. The van der Waals surface area contributed by atoms with Crippen molar-refractivity contribution in [2.75, 3.05) is 12.8 Å². The zero-order valence-corrected chi connectivity index (χ0v) is 23.8. The van der Waals surface area contributed by atoms with Crippen molar-refractivity contribution in [1.82, 2.24) is 4.90 Å². The van der Waals surface area contributed by atoms with Crippen LogP contribution in [0.1, 0.15) is 85.5 Å². The van der Waals surface area contributed by atoms with Crippen molar-refractivity contribution >= 4 is 23.5 Å². The standard InChI is InChI=1S/C30H47NO4S/c1-7-28(4)16-24(35-25(33)17-36-22-14-20-8-9-21(15-22)31(20)6)29(5)18(2)10-12-30(19(3)27(28)34)13-11-23(32)26(29)30/h7,18-22,24,26-27,34H,1,8-17H2,2-6H3/t18-,19+,20-,21+,22?,24-,26+,27+,28-,29+,30?/m1/s1. The minimum absolute atomic E-state index is 0.00390. The smallest absolute Gasteiger partial charge is 0.316 e. The van der Waals surface area contributed by atoms with Crippen LogP contribution in [0.3, 0.4) is 0 Å². The van der Waals surface area contributed by atoms with Gasteiger partial charge in [-0.1, -0.05) is 33.8 Å². The maximum atomic E-state index is 13.5. The molecule has 1 N–H and O–H groups in total. The molecule has 0 aromatic heterocycles. The van der Waals surface area contributed by atoms with Crippen LogP contribution in [0.5, 0.6) is 0 Å². The van der Waals surface area contributed by atoms with Crippen molar-refractivity contribution in [3.8, 4) is 0 Å². The van der Waals surface area contributed by atoms with E-state index in [1.165, 1.54) is 12.8 Å². The molecular formula is C30H47NO4S. The number of thioether (sulfide) groups is 1. The molecule has 5 nitrogen and oxygen atoms in total. The lowest BCUT2D eigenvalue weighted by molar-refractivity contribution is -0.205. The lowest BCUT2D eigenvalue weighted by Gasteiger charge is -2.61. The van der Waals surface area contributed by atoms with Gasteiger partial charge in [0.1, 0.15) is 11.9 Å². The number of carbonyl (C=O) groups excluding carboxylic acids is 2.